The van der Waals surface area contributed by atoms with Crippen molar-refractivity contribution >= 4 is 27.8 Å². The summed E-state index contributed by atoms with van der Waals surface area (Å²) in [6.07, 6.45) is 0.533. The van der Waals surface area contributed by atoms with E-state index in [1.807, 2.05) is 20.8 Å². The van der Waals surface area contributed by atoms with E-state index in [1.54, 1.807) is 0 Å². The lowest BCUT2D eigenvalue weighted by atomic mass is 9.94. The maximum Gasteiger partial charge on any atom is 0.322 e. The molecule has 0 aromatic rings. The second kappa shape index (κ2) is 5.79. The fourth-order valence-corrected chi connectivity index (χ4v) is 4.94. The summed E-state index contributed by atoms with van der Waals surface area (Å²) in [6.45, 7) is 6.23. The van der Waals surface area contributed by atoms with Crippen LogP contribution in [0.5, 0.6) is 0 Å². The molecule has 1 heterocycles. The highest BCUT2D eigenvalue weighted by atomic mass is 32.2. The van der Waals surface area contributed by atoms with E-state index in [0.717, 1.165) is 4.31 Å². The van der Waals surface area contributed by atoms with Gasteiger partial charge in [0.2, 0.25) is 10.0 Å². The summed E-state index contributed by atoms with van der Waals surface area (Å²) in [4.78, 5) is 11.1. The first-order valence-electron chi connectivity index (χ1n) is 5.93. The minimum absolute atomic E-state index is 0.0188. The normalized spacial score (nSPS) is 22.9. The highest BCUT2D eigenvalue weighted by molar-refractivity contribution is 7.99. The Morgan fingerprint density at radius 3 is 2.56 bits per heavy atom. The predicted molar refractivity (Wildman–Crippen MR) is 73.3 cm³/mol. The second-order valence-electron chi connectivity index (χ2n) is 5.67. The zero-order valence-corrected chi connectivity index (χ0v) is 12.7. The lowest BCUT2D eigenvalue weighted by molar-refractivity contribution is -0.140. The number of nitrogens with zero attached hydrogens (tertiary/aromatic N) is 1. The molecule has 0 aromatic carbocycles. The molecule has 1 rings (SSSR count). The number of aliphatic carboxylic acids is 1. The van der Waals surface area contributed by atoms with Gasteiger partial charge in [-0.05, 0) is 11.8 Å². The Bertz CT molecular complexity index is 400. The van der Waals surface area contributed by atoms with Crippen LogP contribution < -0.4 is 0 Å². The van der Waals surface area contributed by atoms with Crippen molar-refractivity contribution in [2.75, 3.05) is 23.8 Å². The third-order valence-corrected chi connectivity index (χ3v) is 5.73. The molecule has 1 aliphatic rings. The lowest BCUT2D eigenvalue weighted by Crippen LogP contribution is -2.51. The van der Waals surface area contributed by atoms with Crippen molar-refractivity contribution in [1.29, 1.82) is 0 Å². The summed E-state index contributed by atoms with van der Waals surface area (Å²) < 4.78 is 25.6. The van der Waals surface area contributed by atoms with Gasteiger partial charge in [-0.15, -0.1) is 0 Å². The van der Waals surface area contributed by atoms with Crippen molar-refractivity contribution in [3.63, 3.8) is 0 Å². The SMILES string of the molecule is CC(C)(C)CCS(=O)(=O)N1CCSCC1C(=O)O. The number of carboxylic acids is 1. The standard InChI is InChI=1S/C11H21NO4S2/c1-11(2,3)4-7-18(15,16)12-5-6-17-8-9(12)10(13)14/h9H,4-8H2,1-3H3,(H,13,14). The van der Waals surface area contributed by atoms with Crippen LogP contribution in [-0.2, 0) is 14.8 Å². The Hall–Kier alpha value is -0.270. The monoisotopic (exact) mass is 295 g/mol. The molecule has 0 saturated carbocycles. The molecular formula is C11H21NO4S2. The minimum Gasteiger partial charge on any atom is -0.480 e. The first-order chi connectivity index (χ1) is 8.13. The topological polar surface area (TPSA) is 74.7 Å². The Kier molecular flexibility index (Phi) is 5.08. The highest BCUT2D eigenvalue weighted by Gasteiger charge is 2.37. The van der Waals surface area contributed by atoms with Crippen LogP contribution in [0.2, 0.25) is 0 Å². The Labute approximate surface area is 113 Å². The van der Waals surface area contributed by atoms with Crippen LogP contribution in [0.1, 0.15) is 27.2 Å². The van der Waals surface area contributed by atoms with Crippen LogP contribution in [0.25, 0.3) is 0 Å². The first-order valence-corrected chi connectivity index (χ1v) is 8.70. The average Bonchev–Trinajstić information content (AvgIpc) is 2.26. The molecule has 1 atom stereocenters. The van der Waals surface area contributed by atoms with Gasteiger partial charge in [-0.3, -0.25) is 4.79 Å². The van der Waals surface area contributed by atoms with Crippen molar-refractivity contribution in [3.8, 4) is 0 Å². The van der Waals surface area contributed by atoms with Crippen LogP contribution in [0.4, 0.5) is 0 Å². The summed E-state index contributed by atoms with van der Waals surface area (Å²) >= 11 is 1.49. The van der Waals surface area contributed by atoms with Gasteiger partial charge in [0.1, 0.15) is 6.04 Å². The molecular weight excluding hydrogens is 274 g/mol. The quantitative estimate of drug-likeness (QED) is 0.845. The average molecular weight is 295 g/mol. The molecule has 1 saturated heterocycles. The predicted octanol–water partition coefficient (Wildman–Crippen LogP) is 1.25. The summed E-state index contributed by atoms with van der Waals surface area (Å²) in [5, 5.41) is 9.08. The lowest BCUT2D eigenvalue weighted by Gasteiger charge is -2.32. The molecule has 0 bridgehead atoms. The van der Waals surface area contributed by atoms with Gasteiger partial charge >= 0.3 is 5.97 Å². The summed E-state index contributed by atoms with van der Waals surface area (Å²) in [6, 6.07) is -0.909. The maximum atomic E-state index is 12.2. The van der Waals surface area contributed by atoms with E-state index < -0.39 is 22.0 Å². The Balaban J connectivity index is 2.78. The fourth-order valence-electron chi connectivity index (χ4n) is 1.67. The fraction of sp³-hybridized carbons (Fsp3) is 0.909. The zero-order chi connectivity index (χ0) is 14.0. The van der Waals surface area contributed by atoms with E-state index in [9.17, 15) is 13.2 Å². The van der Waals surface area contributed by atoms with E-state index in [0.29, 0.717) is 24.5 Å². The maximum absolute atomic E-state index is 12.2. The van der Waals surface area contributed by atoms with Crippen molar-refractivity contribution < 1.29 is 18.3 Å². The van der Waals surface area contributed by atoms with E-state index >= 15 is 0 Å². The van der Waals surface area contributed by atoms with Crippen LogP contribution in [0.15, 0.2) is 0 Å². The molecule has 0 aromatic heterocycles. The molecule has 106 valence electrons. The van der Waals surface area contributed by atoms with E-state index in [4.69, 9.17) is 5.11 Å². The van der Waals surface area contributed by atoms with Gasteiger partial charge in [-0.25, -0.2) is 8.42 Å². The molecule has 0 radical (unpaired) electrons. The third-order valence-electron chi connectivity index (χ3n) is 2.83. The molecule has 7 heteroatoms. The number of hydrogen-bond donors (Lipinski definition) is 1. The number of carboxylic acid groups (broad SMARTS) is 1. The van der Waals surface area contributed by atoms with Gasteiger partial charge in [0.25, 0.3) is 0 Å². The molecule has 18 heavy (non-hydrogen) atoms. The van der Waals surface area contributed by atoms with Crippen LogP contribution in [0.3, 0.4) is 0 Å². The third kappa shape index (κ3) is 4.44. The van der Waals surface area contributed by atoms with Gasteiger partial charge in [-0.2, -0.15) is 16.1 Å². The molecule has 1 fully saturated rings. The number of carbonyl (C=O) groups is 1. The van der Waals surface area contributed by atoms with E-state index in [-0.39, 0.29) is 11.2 Å². The molecule has 5 nitrogen and oxygen atoms in total. The van der Waals surface area contributed by atoms with E-state index in [2.05, 4.69) is 0 Å². The van der Waals surface area contributed by atoms with Gasteiger partial charge in [-0.1, -0.05) is 20.8 Å². The number of hydrogen-bond acceptors (Lipinski definition) is 4. The summed E-state index contributed by atoms with van der Waals surface area (Å²) in [7, 11) is -3.47. The van der Waals surface area contributed by atoms with E-state index in [1.165, 1.54) is 11.8 Å². The number of sulfonamides is 1. The van der Waals surface area contributed by atoms with Gasteiger partial charge in [0.05, 0.1) is 5.75 Å². The number of rotatable bonds is 4. The smallest absolute Gasteiger partial charge is 0.322 e. The number of thioether (sulfide) groups is 1. The molecule has 1 unspecified atom stereocenters. The molecule has 0 spiro atoms. The summed E-state index contributed by atoms with van der Waals surface area (Å²) in [5.41, 5.74) is -0.0731. The van der Waals surface area contributed by atoms with Crippen LogP contribution in [0, 0.1) is 5.41 Å². The van der Waals surface area contributed by atoms with Gasteiger partial charge in [0.15, 0.2) is 0 Å². The van der Waals surface area contributed by atoms with Gasteiger partial charge < -0.3 is 5.11 Å². The molecule has 1 N–H and O–H groups in total. The molecule has 1 aliphatic heterocycles. The Morgan fingerprint density at radius 1 is 1.44 bits per heavy atom. The molecule has 0 aliphatic carbocycles. The van der Waals surface area contributed by atoms with Crippen molar-refractivity contribution in [2.45, 2.75) is 33.2 Å². The highest BCUT2D eigenvalue weighted by Crippen LogP contribution is 2.24. The van der Waals surface area contributed by atoms with Crippen molar-refractivity contribution in [3.05, 3.63) is 0 Å². The van der Waals surface area contributed by atoms with Gasteiger partial charge in [0, 0.05) is 18.1 Å². The first kappa shape index (κ1) is 15.8. The zero-order valence-electron chi connectivity index (χ0n) is 11.0. The molecule has 0 amide bonds. The Morgan fingerprint density at radius 2 is 2.06 bits per heavy atom. The second-order valence-corrected chi connectivity index (χ2v) is 8.86. The van der Waals surface area contributed by atoms with Crippen molar-refractivity contribution in [2.24, 2.45) is 5.41 Å². The summed E-state index contributed by atoms with van der Waals surface area (Å²) in [5.74, 6) is -0.0328. The van der Waals surface area contributed by atoms with Crippen LogP contribution in [-0.4, -0.2) is 53.6 Å². The minimum atomic E-state index is -3.47. The largest absolute Gasteiger partial charge is 0.480 e. The van der Waals surface area contributed by atoms with Crippen molar-refractivity contribution in [1.82, 2.24) is 4.31 Å². The van der Waals surface area contributed by atoms with Crippen LogP contribution >= 0.6 is 11.8 Å².